The van der Waals surface area contributed by atoms with Crippen LogP contribution in [0.4, 0.5) is 17.1 Å². The lowest BCUT2D eigenvalue weighted by Gasteiger charge is -2.17. The van der Waals surface area contributed by atoms with Gasteiger partial charge in [-0.2, -0.15) is 0 Å². The molecule has 1 rings (SSSR count). The number of nitrogens with one attached hydrogen (secondary N) is 2. The molecular weight excluding hydrogens is 242 g/mol. The third-order valence-corrected chi connectivity index (χ3v) is 3.07. The lowest BCUT2D eigenvalue weighted by Crippen LogP contribution is -2.17. The molecule has 1 aromatic carbocycles. The van der Waals surface area contributed by atoms with E-state index in [0.29, 0.717) is 17.3 Å². The molecule has 5 nitrogen and oxygen atoms in total. The van der Waals surface area contributed by atoms with Crippen molar-refractivity contribution < 1.29 is 4.92 Å². The molecule has 0 saturated carbocycles. The van der Waals surface area contributed by atoms with Crippen molar-refractivity contribution in [2.24, 2.45) is 5.92 Å². The molecule has 0 radical (unpaired) electrons. The molecule has 0 amide bonds. The molecule has 0 aliphatic heterocycles. The number of nitro benzene ring substituents is 1. The van der Waals surface area contributed by atoms with Crippen LogP contribution in [0.5, 0.6) is 0 Å². The van der Waals surface area contributed by atoms with Gasteiger partial charge in [0.25, 0.3) is 0 Å². The quantitative estimate of drug-likeness (QED) is 0.580. The normalized spacial score (nSPS) is 12.3. The first kappa shape index (κ1) is 15.3. The van der Waals surface area contributed by atoms with E-state index in [1.54, 1.807) is 19.2 Å². The molecular formula is C14H23N3O2. The van der Waals surface area contributed by atoms with Crippen LogP contribution in [-0.2, 0) is 0 Å². The summed E-state index contributed by atoms with van der Waals surface area (Å²) in [6.45, 7) is 6.41. The summed E-state index contributed by atoms with van der Waals surface area (Å²) in [6.07, 6.45) is 2.10. The average molecular weight is 265 g/mol. The van der Waals surface area contributed by atoms with Gasteiger partial charge < -0.3 is 10.6 Å². The van der Waals surface area contributed by atoms with Gasteiger partial charge in [-0.25, -0.2) is 0 Å². The lowest BCUT2D eigenvalue weighted by atomic mass is 10.0. The van der Waals surface area contributed by atoms with Gasteiger partial charge in [0.2, 0.25) is 0 Å². The van der Waals surface area contributed by atoms with Crippen LogP contribution in [0, 0.1) is 16.0 Å². The van der Waals surface area contributed by atoms with Gasteiger partial charge in [0.15, 0.2) is 0 Å². The fraction of sp³-hybridized carbons (Fsp3) is 0.571. The number of para-hydroxylation sites is 1. The molecule has 0 spiro atoms. The highest BCUT2D eigenvalue weighted by molar-refractivity contribution is 5.76. The highest BCUT2D eigenvalue weighted by Crippen LogP contribution is 2.33. The van der Waals surface area contributed by atoms with Gasteiger partial charge in [-0.05, 0) is 37.8 Å². The van der Waals surface area contributed by atoms with Gasteiger partial charge in [0.05, 0.1) is 4.92 Å². The summed E-state index contributed by atoms with van der Waals surface area (Å²) in [5.74, 6) is 0.642. The molecule has 2 N–H and O–H groups in total. The number of nitro groups is 1. The van der Waals surface area contributed by atoms with Crippen molar-refractivity contribution in [3.05, 3.63) is 28.3 Å². The topological polar surface area (TPSA) is 67.2 Å². The smallest absolute Gasteiger partial charge is 0.315 e. The molecule has 106 valence electrons. The molecule has 1 aromatic rings. The SMILES string of the molecule is CNc1cccc(NC(C)CCC(C)C)c1[N+](=O)[O-]. The monoisotopic (exact) mass is 265 g/mol. The number of nitrogens with zero attached hydrogens (tertiary/aromatic N) is 1. The fourth-order valence-electron chi connectivity index (χ4n) is 1.98. The molecule has 0 aliphatic rings. The molecule has 0 aromatic heterocycles. The van der Waals surface area contributed by atoms with Crippen molar-refractivity contribution in [2.45, 2.75) is 39.7 Å². The Hall–Kier alpha value is -1.78. The first-order valence-corrected chi connectivity index (χ1v) is 6.67. The standard InChI is InChI=1S/C14H23N3O2/c1-10(2)8-9-11(3)16-13-7-5-6-12(15-4)14(13)17(18)19/h5-7,10-11,15-16H,8-9H2,1-4H3. The summed E-state index contributed by atoms with van der Waals surface area (Å²) in [5, 5.41) is 17.3. The summed E-state index contributed by atoms with van der Waals surface area (Å²) in [6, 6.07) is 5.50. The molecule has 19 heavy (non-hydrogen) atoms. The molecule has 0 bridgehead atoms. The van der Waals surface area contributed by atoms with Crippen molar-refractivity contribution in [1.82, 2.24) is 0 Å². The van der Waals surface area contributed by atoms with Gasteiger partial charge in [0.1, 0.15) is 11.4 Å². The summed E-state index contributed by atoms with van der Waals surface area (Å²) < 4.78 is 0. The second kappa shape index (κ2) is 6.97. The van der Waals surface area contributed by atoms with E-state index in [2.05, 4.69) is 31.4 Å². The molecule has 0 saturated heterocycles. The van der Waals surface area contributed by atoms with E-state index in [1.165, 1.54) is 0 Å². The zero-order valence-electron chi connectivity index (χ0n) is 12.1. The molecule has 0 aliphatic carbocycles. The summed E-state index contributed by atoms with van der Waals surface area (Å²) >= 11 is 0. The predicted octanol–water partition coefficient (Wildman–Crippen LogP) is 3.87. The zero-order chi connectivity index (χ0) is 14.4. The van der Waals surface area contributed by atoms with Crippen LogP contribution in [0.1, 0.15) is 33.6 Å². The van der Waals surface area contributed by atoms with Crippen LogP contribution < -0.4 is 10.6 Å². The summed E-state index contributed by atoms with van der Waals surface area (Å²) in [5.41, 5.74) is 1.22. The van der Waals surface area contributed by atoms with E-state index >= 15 is 0 Å². The van der Waals surface area contributed by atoms with Crippen LogP contribution in [0.3, 0.4) is 0 Å². The van der Waals surface area contributed by atoms with Crippen molar-refractivity contribution in [3.8, 4) is 0 Å². The Morgan fingerprint density at radius 1 is 1.21 bits per heavy atom. The van der Waals surface area contributed by atoms with E-state index in [-0.39, 0.29) is 16.7 Å². The minimum Gasteiger partial charge on any atom is -0.382 e. The second-order valence-electron chi connectivity index (χ2n) is 5.23. The van der Waals surface area contributed by atoms with E-state index in [9.17, 15) is 10.1 Å². The van der Waals surface area contributed by atoms with Gasteiger partial charge in [-0.1, -0.05) is 19.9 Å². The van der Waals surface area contributed by atoms with Crippen LogP contribution in [-0.4, -0.2) is 18.0 Å². The Balaban J connectivity index is 2.85. The second-order valence-corrected chi connectivity index (χ2v) is 5.23. The number of anilines is 2. The number of hydrogen-bond donors (Lipinski definition) is 2. The summed E-state index contributed by atoms with van der Waals surface area (Å²) in [7, 11) is 1.69. The molecule has 0 fully saturated rings. The van der Waals surface area contributed by atoms with E-state index in [4.69, 9.17) is 0 Å². The van der Waals surface area contributed by atoms with Crippen LogP contribution in [0.2, 0.25) is 0 Å². The van der Waals surface area contributed by atoms with Gasteiger partial charge in [-0.15, -0.1) is 0 Å². The minimum absolute atomic E-state index is 0.112. The van der Waals surface area contributed by atoms with Gasteiger partial charge >= 0.3 is 5.69 Å². The number of rotatable bonds is 7. The fourth-order valence-corrected chi connectivity index (χ4v) is 1.98. The zero-order valence-corrected chi connectivity index (χ0v) is 12.1. The molecule has 1 atom stereocenters. The minimum atomic E-state index is -0.344. The van der Waals surface area contributed by atoms with Crippen LogP contribution in [0.25, 0.3) is 0 Å². The number of benzene rings is 1. The third kappa shape index (κ3) is 4.43. The Morgan fingerprint density at radius 2 is 1.84 bits per heavy atom. The highest BCUT2D eigenvalue weighted by Gasteiger charge is 2.19. The Kier molecular flexibility index (Phi) is 5.60. The lowest BCUT2D eigenvalue weighted by molar-refractivity contribution is -0.383. The first-order valence-electron chi connectivity index (χ1n) is 6.67. The molecule has 1 unspecified atom stereocenters. The Bertz CT molecular complexity index is 433. The maximum Gasteiger partial charge on any atom is 0.315 e. The Morgan fingerprint density at radius 3 is 2.37 bits per heavy atom. The van der Waals surface area contributed by atoms with Crippen LogP contribution >= 0.6 is 0 Å². The third-order valence-electron chi connectivity index (χ3n) is 3.07. The van der Waals surface area contributed by atoms with E-state index in [0.717, 1.165) is 12.8 Å². The van der Waals surface area contributed by atoms with Crippen molar-refractivity contribution >= 4 is 17.1 Å². The van der Waals surface area contributed by atoms with E-state index in [1.807, 2.05) is 6.07 Å². The molecule has 0 heterocycles. The van der Waals surface area contributed by atoms with Crippen molar-refractivity contribution in [3.63, 3.8) is 0 Å². The van der Waals surface area contributed by atoms with Gasteiger partial charge in [0, 0.05) is 13.1 Å². The van der Waals surface area contributed by atoms with Crippen molar-refractivity contribution in [1.29, 1.82) is 0 Å². The Labute approximate surface area is 114 Å². The first-order chi connectivity index (χ1) is 8.95. The maximum absolute atomic E-state index is 11.2. The number of hydrogen-bond acceptors (Lipinski definition) is 4. The van der Waals surface area contributed by atoms with Crippen LogP contribution in [0.15, 0.2) is 18.2 Å². The summed E-state index contributed by atoms with van der Waals surface area (Å²) in [4.78, 5) is 10.8. The largest absolute Gasteiger partial charge is 0.382 e. The average Bonchev–Trinajstić information content (AvgIpc) is 2.35. The van der Waals surface area contributed by atoms with Crippen molar-refractivity contribution in [2.75, 3.05) is 17.7 Å². The van der Waals surface area contributed by atoms with Gasteiger partial charge in [-0.3, -0.25) is 10.1 Å². The maximum atomic E-state index is 11.2. The highest BCUT2D eigenvalue weighted by atomic mass is 16.6. The van der Waals surface area contributed by atoms with E-state index < -0.39 is 0 Å². The molecule has 5 heteroatoms. The predicted molar refractivity (Wildman–Crippen MR) is 79.8 cm³/mol.